The molecule has 144 valence electrons. The zero-order valence-electron chi connectivity index (χ0n) is 16.2. The number of aliphatic hydroxyl groups excluding tert-OH is 1. The minimum Gasteiger partial charge on any atom is -0.396 e. The van der Waals surface area contributed by atoms with Gasteiger partial charge in [-0.1, -0.05) is 0 Å². The standard InChI is InChI=1S/C21H33N3O2/c1-22(2)20-9-6-17(16-25)14-24(15-20)21(26)18-7-10-19(11-8-18)23-12-4-3-5-13-23/h7-8,10-11,17,20,25H,3-6,9,12-16H2,1-2H3/t17-,20+/m0/s1. The Hall–Kier alpha value is -1.59. The monoisotopic (exact) mass is 359 g/mol. The van der Waals surface area contributed by atoms with Crippen molar-refractivity contribution in [1.29, 1.82) is 0 Å². The maximum atomic E-state index is 13.1. The largest absolute Gasteiger partial charge is 0.396 e. The molecule has 2 atom stereocenters. The number of nitrogens with zero attached hydrogens (tertiary/aromatic N) is 3. The number of hydrogen-bond acceptors (Lipinski definition) is 4. The van der Waals surface area contributed by atoms with E-state index in [2.05, 4.69) is 36.0 Å². The average molecular weight is 360 g/mol. The summed E-state index contributed by atoms with van der Waals surface area (Å²) in [5, 5.41) is 9.63. The lowest BCUT2D eigenvalue weighted by Gasteiger charge is -2.30. The van der Waals surface area contributed by atoms with Crippen molar-refractivity contribution in [3.05, 3.63) is 29.8 Å². The van der Waals surface area contributed by atoms with Crippen LogP contribution in [0.2, 0.25) is 0 Å². The molecule has 2 saturated heterocycles. The molecule has 2 aliphatic heterocycles. The fourth-order valence-electron chi connectivity index (χ4n) is 4.14. The number of amides is 1. The van der Waals surface area contributed by atoms with Crippen LogP contribution < -0.4 is 4.90 Å². The average Bonchev–Trinajstić information content (AvgIpc) is 2.91. The van der Waals surface area contributed by atoms with Gasteiger partial charge in [0.05, 0.1) is 0 Å². The van der Waals surface area contributed by atoms with Crippen LogP contribution in [0.4, 0.5) is 5.69 Å². The summed E-state index contributed by atoms with van der Waals surface area (Å²) in [6.45, 7) is 3.76. The van der Waals surface area contributed by atoms with Crippen molar-refractivity contribution >= 4 is 11.6 Å². The van der Waals surface area contributed by atoms with E-state index in [0.717, 1.165) is 38.0 Å². The topological polar surface area (TPSA) is 47.0 Å². The van der Waals surface area contributed by atoms with Gasteiger partial charge in [0.15, 0.2) is 0 Å². The fraction of sp³-hybridized carbons (Fsp3) is 0.667. The van der Waals surface area contributed by atoms with E-state index in [-0.39, 0.29) is 18.4 Å². The second-order valence-electron chi connectivity index (χ2n) is 8.05. The molecule has 0 bridgehead atoms. The normalized spacial score (nSPS) is 24.6. The number of aliphatic hydroxyl groups is 1. The van der Waals surface area contributed by atoms with Gasteiger partial charge in [0, 0.05) is 50.1 Å². The van der Waals surface area contributed by atoms with Gasteiger partial charge in [-0.25, -0.2) is 0 Å². The summed E-state index contributed by atoms with van der Waals surface area (Å²) in [4.78, 5) is 19.6. The van der Waals surface area contributed by atoms with E-state index < -0.39 is 0 Å². The summed E-state index contributed by atoms with van der Waals surface area (Å²) in [7, 11) is 4.14. The first-order valence-corrected chi connectivity index (χ1v) is 10.00. The highest BCUT2D eigenvalue weighted by Gasteiger charge is 2.28. The summed E-state index contributed by atoms with van der Waals surface area (Å²) in [5.74, 6) is 0.263. The molecule has 2 aliphatic rings. The van der Waals surface area contributed by atoms with Crippen LogP contribution in [0.25, 0.3) is 0 Å². The molecule has 0 aromatic heterocycles. The van der Waals surface area contributed by atoms with Crippen molar-refractivity contribution in [2.45, 2.75) is 38.1 Å². The van der Waals surface area contributed by atoms with E-state index in [9.17, 15) is 9.90 Å². The van der Waals surface area contributed by atoms with Crippen molar-refractivity contribution in [2.75, 3.05) is 51.8 Å². The first-order chi connectivity index (χ1) is 12.6. The van der Waals surface area contributed by atoms with Crippen molar-refractivity contribution in [1.82, 2.24) is 9.80 Å². The van der Waals surface area contributed by atoms with E-state index in [0.29, 0.717) is 12.6 Å². The number of carbonyl (C=O) groups is 1. The number of piperidine rings is 1. The first-order valence-electron chi connectivity index (χ1n) is 10.00. The number of benzene rings is 1. The molecular formula is C21H33N3O2. The molecule has 0 spiro atoms. The molecule has 0 aliphatic carbocycles. The van der Waals surface area contributed by atoms with E-state index >= 15 is 0 Å². The summed E-state index contributed by atoms with van der Waals surface area (Å²) in [5.41, 5.74) is 1.97. The highest BCUT2D eigenvalue weighted by atomic mass is 16.3. The van der Waals surface area contributed by atoms with Gasteiger partial charge in [0.2, 0.25) is 0 Å². The Morgan fingerprint density at radius 1 is 1.08 bits per heavy atom. The zero-order valence-corrected chi connectivity index (χ0v) is 16.2. The van der Waals surface area contributed by atoms with Crippen LogP contribution in [-0.2, 0) is 0 Å². The van der Waals surface area contributed by atoms with Gasteiger partial charge in [0.25, 0.3) is 5.91 Å². The predicted molar refractivity (Wildman–Crippen MR) is 106 cm³/mol. The third-order valence-corrected chi connectivity index (χ3v) is 5.93. The molecule has 5 nitrogen and oxygen atoms in total. The lowest BCUT2D eigenvalue weighted by Crippen LogP contribution is -2.42. The lowest BCUT2D eigenvalue weighted by atomic mass is 10.0. The SMILES string of the molecule is CN(C)[C@@H]1CC[C@H](CO)CN(C(=O)c2ccc(N3CCCCC3)cc2)C1. The lowest BCUT2D eigenvalue weighted by molar-refractivity contribution is 0.0689. The maximum absolute atomic E-state index is 13.1. The van der Waals surface area contributed by atoms with E-state index in [1.807, 2.05) is 17.0 Å². The van der Waals surface area contributed by atoms with Crippen LogP contribution in [-0.4, -0.2) is 73.7 Å². The molecule has 26 heavy (non-hydrogen) atoms. The first kappa shape index (κ1) is 19.2. The molecule has 2 fully saturated rings. The second-order valence-corrected chi connectivity index (χ2v) is 8.05. The molecule has 2 heterocycles. The van der Waals surface area contributed by atoms with Crippen LogP contribution in [0.3, 0.4) is 0 Å². The number of carbonyl (C=O) groups excluding carboxylic acids is 1. The molecule has 1 N–H and O–H groups in total. The summed E-state index contributed by atoms with van der Waals surface area (Å²) in [6.07, 6.45) is 5.82. The van der Waals surface area contributed by atoms with Gasteiger partial charge < -0.3 is 19.8 Å². The number of likely N-dealkylation sites (tertiary alicyclic amines) is 1. The van der Waals surface area contributed by atoms with E-state index in [4.69, 9.17) is 0 Å². The van der Waals surface area contributed by atoms with Gasteiger partial charge in [-0.2, -0.15) is 0 Å². The van der Waals surface area contributed by atoms with E-state index in [1.165, 1.54) is 24.9 Å². The van der Waals surface area contributed by atoms with Gasteiger partial charge in [0.1, 0.15) is 0 Å². The molecule has 0 saturated carbocycles. The highest BCUT2D eigenvalue weighted by molar-refractivity contribution is 5.94. The molecule has 1 aromatic carbocycles. The van der Waals surface area contributed by atoms with Crippen molar-refractivity contribution in [2.24, 2.45) is 5.92 Å². The number of anilines is 1. The molecule has 1 aromatic rings. The van der Waals surface area contributed by atoms with Crippen LogP contribution in [0.5, 0.6) is 0 Å². The maximum Gasteiger partial charge on any atom is 0.253 e. The Morgan fingerprint density at radius 3 is 2.38 bits per heavy atom. The minimum absolute atomic E-state index is 0.0856. The van der Waals surface area contributed by atoms with Crippen LogP contribution >= 0.6 is 0 Å². The highest BCUT2D eigenvalue weighted by Crippen LogP contribution is 2.23. The van der Waals surface area contributed by atoms with Crippen molar-refractivity contribution < 1.29 is 9.90 Å². The molecule has 5 heteroatoms. The Kier molecular flexibility index (Phi) is 6.54. The molecule has 1 amide bonds. The molecule has 0 radical (unpaired) electrons. The van der Waals surface area contributed by atoms with Gasteiger partial charge in [-0.3, -0.25) is 4.79 Å². The third-order valence-electron chi connectivity index (χ3n) is 5.93. The van der Waals surface area contributed by atoms with Crippen LogP contribution in [0.1, 0.15) is 42.5 Å². The third kappa shape index (κ3) is 4.57. The molecule has 3 rings (SSSR count). The molecular weight excluding hydrogens is 326 g/mol. The number of likely N-dealkylation sites (N-methyl/N-ethyl adjacent to an activating group) is 1. The summed E-state index contributed by atoms with van der Waals surface area (Å²) < 4.78 is 0. The number of hydrogen-bond donors (Lipinski definition) is 1. The van der Waals surface area contributed by atoms with E-state index in [1.54, 1.807) is 0 Å². The van der Waals surface area contributed by atoms with Gasteiger partial charge in [-0.15, -0.1) is 0 Å². The Labute approximate surface area is 157 Å². The second kappa shape index (κ2) is 8.87. The van der Waals surface area contributed by atoms with Crippen molar-refractivity contribution in [3.63, 3.8) is 0 Å². The van der Waals surface area contributed by atoms with Gasteiger partial charge in [-0.05, 0) is 76.4 Å². The van der Waals surface area contributed by atoms with Crippen LogP contribution in [0.15, 0.2) is 24.3 Å². The fourth-order valence-corrected chi connectivity index (χ4v) is 4.14. The Morgan fingerprint density at radius 2 is 1.77 bits per heavy atom. The summed E-state index contributed by atoms with van der Waals surface area (Å²) >= 11 is 0. The number of rotatable bonds is 4. The summed E-state index contributed by atoms with van der Waals surface area (Å²) in [6, 6.07) is 8.46. The quantitative estimate of drug-likeness (QED) is 0.897. The smallest absolute Gasteiger partial charge is 0.253 e. The van der Waals surface area contributed by atoms with Crippen LogP contribution in [0, 0.1) is 5.92 Å². The Bertz CT molecular complexity index is 581. The minimum atomic E-state index is 0.0856. The van der Waals surface area contributed by atoms with Crippen molar-refractivity contribution in [3.8, 4) is 0 Å². The molecule has 0 unspecified atom stereocenters. The Balaban J connectivity index is 1.71. The zero-order chi connectivity index (χ0) is 18.5. The predicted octanol–water partition coefficient (Wildman–Crippen LogP) is 2.45. The van der Waals surface area contributed by atoms with Gasteiger partial charge >= 0.3 is 0 Å².